The van der Waals surface area contributed by atoms with E-state index in [0.29, 0.717) is 44.0 Å². The molecule has 1 amide bonds. The lowest BCUT2D eigenvalue weighted by Gasteiger charge is -2.29. The van der Waals surface area contributed by atoms with Crippen molar-refractivity contribution in [2.45, 2.75) is 37.6 Å². The molecule has 2 saturated heterocycles. The average molecular weight is 435 g/mol. The lowest BCUT2D eigenvalue weighted by atomic mass is 10.2. The van der Waals surface area contributed by atoms with E-state index in [1.54, 1.807) is 13.8 Å². The monoisotopic (exact) mass is 434 g/mol. The molecule has 0 radical (unpaired) electrons. The number of aryl methyl sites for hydroxylation is 2. The molecular weight excluding hydrogens is 408 g/mol. The first-order valence-electron chi connectivity index (χ1n) is 10.1. The van der Waals surface area contributed by atoms with Crippen LogP contribution in [-0.4, -0.2) is 62.7 Å². The van der Waals surface area contributed by atoms with Gasteiger partial charge in [0, 0.05) is 31.0 Å². The molecule has 162 valence electrons. The molecule has 1 aromatic heterocycles. The molecular formula is C20H26N4O5S. The molecule has 1 N–H and O–H groups in total. The van der Waals surface area contributed by atoms with Gasteiger partial charge in [-0.05, 0) is 51.0 Å². The Kier molecular flexibility index (Phi) is 5.81. The Morgan fingerprint density at radius 3 is 2.47 bits per heavy atom. The van der Waals surface area contributed by atoms with Crippen LogP contribution >= 0.6 is 0 Å². The fourth-order valence-electron chi connectivity index (χ4n) is 4.05. The molecule has 1 atom stereocenters. The third-order valence-electron chi connectivity index (χ3n) is 5.55. The van der Waals surface area contributed by atoms with Crippen LogP contribution in [0.5, 0.6) is 0 Å². The van der Waals surface area contributed by atoms with Gasteiger partial charge in [-0.15, -0.1) is 0 Å². The van der Waals surface area contributed by atoms with Crippen LogP contribution in [-0.2, 0) is 19.6 Å². The predicted octanol–water partition coefficient (Wildman–Crippen LogP) is 1.92. The van der Waals surface area contributed by atoms with E-state index >= 15 is 0 Å². The van der Waals surface area contributed by atoms with Crippen molar-refractivity contribution in [1.82, 2.24) is 9.46 Å². The van der Waals surface area contributed by atoms with Gasteiger partial charge in [-0.25, -0.2) is 8.42 Å². The van der Waals surface area contributed by atoms with Gasteiger partial charge in [0.25, 0.3) is 0 Å². The van der Waals surface area contributed by atoms with Crippen LogP contribution in [0.2, 0.25) is 0 Å². The van der Waals surface area contributed by atoms with Gasteiger partial charge in [0.1, 0.15) is 16.6 Å². The van der Waals surface area contributed by atoms with Gasteiger partial charge in [0.2, 0.25) is 15.9 Å². The van der Waals surface area contributed by atoms with E-state index in [9.17, 15) is 13.2 Å². The van der Waals surface area contributed by atoms with Crippen LogP contribution in [0.25, 0.3) is 0 Å². The third-order valence-corrected chi connectivity index (χ3v) is 7.71. The highest BCUT2D eigenvalue weighted by atomic mass is 32.2. The lowest BCUT2D eigenvalue weighted by Crippen LogP contribution is -2.43. The second-order valence-corrected chi connectivity index (χ2v) is 9.39. The fraction of sp³-hybridized carbons (Fsp3) is 0.500. The third kappa shape index (κ3) is 3.94. The van der Waals surface area contributed by atoms with Crippen LogP contribution in [0.15, 0.2) is 33.7 Å². The molecule has 4 rings (SSSR count). The summed E-state index contributed by atoms with van der Waals surface area (Å²) in [5.74, 6) is -0.0979. The van der Waals surface area contributed by atoms with Crippen molar-refractivity contribution in [3.8, 4) is 0 Å². The van der Waals surface area contributed by atoms with Gasteiger partial charge >= 0.3 is 0 Å². The Hall–Kier alpha value is -2.43. The molecule has 0 unspecified atom stereocenters. The SMILES string of the molecule is Cc1noc(C)c1S(=O)(=O)N1CCC[C@@H]1C(=O)Nc1ccc(N2CCOCC2)cc1. The van der Waals surface area contributed by atoms with E-state index in [4.69, 9.17) is 9.26 Å². The second-order valence-electron chi connectivity index (χ2n) is 7.56. The molecule has 9 nitrogen and oxygen atoms in total. The number of anilines is 2. The number of hydrogen-bond donors (Lipinski definition) is 1. The molecule has 3 heterocycles. The number of ether oxygens (including phenoxy) is 1. The minimum absolute atomic E-state index is 0.0528. The number of hydrogen-bond acceptors (Lipinski definition) is 7. The Morgan fingerprint density at radius 1 is 1.13 bits per heavy atom. The molecule has 2 aromatic rings. The first-order chi connectivity index (χ1) is 14.4. The van der Waals surface area contributed by atoms with Crippen molar-refractivity contribution in [3.63, 3.8) is 0 Å². The minimum atomic E-state index is -3.87. The summed E-state index contributed by atoms with van der Waals surface area (Å²) in [5, 5.41) is 6.61. The number of carbonyl (C=O) groups excluding carboxylic acids is 1. The van der Waals surface area contributed by atoms with E-state index in [0.717, 1.165) is 18.8 Å². The average Bonchev–Trinajstić information content (AvgIpc) is 3.37. The smallest absolute Gasteiger partial charge is 0.249 e. The topological polar surface area (TPSA) is 105 Å². The number of nitrogens with zero attached hydrogens (tertiary/aromatic N) is 3. The molecule has 0 saturated carbocycles. The van der Waals surface area contributed by atoms with Crippen LogP contribution in [0.1, 0.15) is 24.3 Å². The first kappa shape index (κ1) is 20.8. The Labute approximate surface area is 176 Å². The van der Waals surface area contributed by atoms with Gasteiger partial charge in [-0.3, -0.25) is 4.79 Å². The maximum Gasteiger partial charge on any atom is 0.249 e. The highest BCUT2D eigenvalue weighted by molar-refractivity contribution is 7.89. The van der Waals surface area contributed by atoms with Crippen LogP contribution in [0.3, 0.4) is 0 Å². The maximum atomic E-state index is 13.2. The van der Waals surface area contributed by atoms with E-state index in [1.807, 2.05) is 24.3 Å². The number of nitrogens with one attached hydrogen (secondary N) is 1. The standard InChI is InChI=1S/C20H26N4O5S/c1-14-19(15(2)29-22-14)30(26,27)24-9-3-4-18(24)20(25)21-16-5-7-17(8-6-16)23-10-12-28-13-11-23/h5-8,18H,3-4,9-13H2,1-2H3,(H,21,25)/t18-/m1/s1. The van der Waals surface area contributed by atoms with E-state index < -0.39 is 16.1 Å². The molecule has 0 aliphatic carbocycles. The highest BCUT2D eigenvalue weighted by Gasteiger charge is 2.41. The number of carbonyl (C=O) groups is 1. The number of morpholine rings is 1. The summed E-state index contributed by atoms with van der Waals surface area (Å²) in [6.45, 7) is 6.52. The molecule has 10 heteroatoms. The summed E-state index contributed by atoms with van der Waals surface area (Å²) in [7, 11) is -3.87. The molecule has 0 spiro atoms. The number of rotatable bonds is 5. The summed E-state index contributed by atoms with van der Waals surface area (Å²) in [4.78, 5) is 15.2. The molecule has 2 aliphatic heterocycles. The van der Waals surface area contributed by atoms with Crippen LogP contribution < -0.4 is 10.2 Å². The fourth-order valence-corrected chi connectivity index (χ4v) is 6.00. The Morgan fingerprint density at radius 2 is 1.83 bits per heavy atom. The summed E-state index contributed by atoms with van der Waals surface area (Å²) >= 11 is 0. The highest BCUT2D eigenvalue weighted by Crippen LogP contribution is 2.30. The maximum absolute atomic E-state index is 13.2. The number of sulfonamides is 1. The summed E-state index contributed by atoms with van der Waals surface area (Å²) < 4.78 is 38.0. The normalized spacial score (nSPS) is 20.5. The van der Waals surface area contributed by atoms with Crippen molar-refractivity contribution < 1.29 is 22.5 Å². The van der Waals surface area contributed by atoms with E-state index in [2.05, 4.69) is 15.4 Å². The zero-order valence-corrected chi connectivity index (χ0v) is 17.9. The number of benzene rings is 1. The Bertz CT molecular complexity index is 993. The van der Waals surface area contributed by atoms with Crippen molar-refractivity contribution >= 4 is 27.3 Å². The van der Waals surface area contributed by atoms with Gasteiger partial charge in [-0.2, -0.15) is 4.31 Å². The van der Waals surface area contributed by atoms with Crippen LogP contribution in [0.4, 0.5) is 11.4 Å². The molecule has 0 bridgehead atoms. The van der Waals surface area contributed by atoms with Crippen LogP contribution in [0, 0.1) is 13.8 Å². The summed E-state index contributed by atoms with van der Waals surface area (Å²) in [5.41, 5.74) is 2.01. The minimum Gasteiger partial charge on any atom is -0.378 e. The molecule has 30 heavy (non-hydrogen) atoms. The van der Waals surface area contributed by atoms with Gasteiger partial charge in [-0.1, -0.05) is 5.16 Å². The second kappa shape index (κ2) is 8.37. The molecule has 1 aromatic carbocycles. The van der Waals surface area contributed by atoms with Crippen molar-refractivity contribution in [2.75, 3.05) is 43.1 Å². The lowest BCUT2D eigenvalue weighted by molar-refractivity contribution is -0.119. The molecule has 2 fully saturated rings. The first-order valence-corrected chi connectivity index (χ1v) is 11.5. The summed E-state index contributed by atoms with van der Waals surface area (Å²) in [6.07, 6.45) is 1.09. The predicted molar refractivity (Wildman–Crippen MR) is 111 cm³/mol. The van der Waals surface area contributed by atoms with Crippen molar-refractivity contribution in [2.24, 2.45) is 0 Å². The van der Waals surface area contributed by atoms with Gasteiger partial charge in [0.15, 0.2) is 5.76 Å². The van der Waals surface area contributed by atoms with Crippen molar-refractivity contribution in [1.29, 1.82) is 0 Å². The largest absolute Gasteiger partial charge is 0.378 e. The summed E-state index contributed by atoms with van der Waals surface area (Å²) in [6, 6.07) is 6.82. The van der Waals surface area contributed by atoms with E-state index in [-0.39, 0.29) is 16.6 Å². The van der Waals surface area contributed by atoms with Gasteiger partial charge < -0.3 is 19.5 Å². The number of amides is 1. The quantitative estimate of drug-likeness (QED) is 0.766. The van der Waals surface area contributed by atoms with Crippen molar-refractivity contribution in [3.05, 3.63) is 35.7 Å². The van der Waals surface area contributed by atoms with E-state index in [1.165, 1.54) is 4.31 Å². The zero-order valence-electron chi connectivity index (χ0n) is 17.1. The zero-order chi connectivity index (χ0) is 21.3. The Balaban J connectivity index is 1.47. The molecule has 2 aliphatic rings. The number of aromatic nitrogens is 1. The van der Waals surface area contributed by atoms with Gasteiger partial charge in [0.05, 0.1) is 13.2 Å².